The van der Waals surface area contributed by atoms with Crippen molar-refractivity contribution in [3.8, 4) is 11.8 Å². The van der Waals surface area contributed by atoms with Crippen LogP contribution in [0.15, 0.2) is 48.5 Å². The Kier molecular flexibility index (Phi) is 6.17. The lowest BCUT2D eigenvalue weighted by molar-refractivity contribution is -0.149. The second-order valence-corrected chi connectivity index (χ2v) is 5.08. The molecule has 122 valence electrons. The van der Waals surface area contributed by atoms with Gasteiger partial charge in [0.1, 0.15) is 5.75 Å². The number of hydrogen-bond donors (Lipinski definition) is 1. The van der Waals surface area contributed by atoms with Crippen LogP contribution in [0.5, 0.6) is 5.75 Å². The molecule has 0 unspecified atom stereocenters. The number of carbonyl (C=O) groups excluding carboxylic acids is 2. The van der Waals surface area contributed by atoms with Crippen LogP contribution in [0.3, 0.4) is 0 Å². The highest BCUT2D eigenvalue weighted by Crippen LogP contribution is 2.15. The summed E-state index contributed by atoms with van der Waals surface area (Å²) in [6, 6.07) is 14.9. The van der Waals surface area contributed by atoms with Gasteiger partial charge >= 0.3 is 5.97 Å². The molecular formula is C17H13ClN2O4. The monoisotopic (exact) mass is 344 g/mol. The van der Waals surface area contributed by atoms with Crippen LogP contribution >= 0.6 is 11.6 Å². The molecule has 0 saturated carbocycles. The number of halogens is 1. The van der Waals surface area contributed by atoms with Crippen LogP contribution in [0.25, 0.3) is 0 Å². The standard InChI is InChI=1S/C17H13ClN2O4/c18-13-4-6-15(7-5-13)23-11-17(22)24-10-16(21)20-14-3-1-2-12(8-14)9-19/h1-8H,10-11H2,(H,20,21). The van der Waals surface area contributed by atoms with Gasteiger partial charge in [0.05, 0.1) is 11.6 Å². The summed E-state index contributed by atoms with van der Waals surface area (Å²) in [7, 11) is 0. The first-order valence-corrected chi connectivity index (χ1v) is 7.28. The lowest BCUT2D eigenvalue weighted by Crippen LogP contribution is -2.23. The molecule has 7 heteroatoms. The van der Waals surface area contributed by atoms with E-state index in [1.165, 1.54) is 6.07 Å². The van der Waals surface area contributed by atoms with Crippen molar-refractivity contribution in [2.45, 2.75) is 0 Å². The first kappa shape index (κ1) is 17.3. The zero-order valence-electron chi connectivity index (χ0n) is 12.5. The Hall–Kier alpha value is -3.04. The Morgan fingerprint density at radius 1 is 1.12 bits per heavy atom. The van der Waals surface area contributed by atoms with Crippen LogP contribution in [0.1, 0.15) is 5.56 Å². The fourth-order valence-electron chi connectivity index (χ4n) is 1.72. The summed E-state index contributed by atoms with van der Waals surface area (Å²) in [5, 5.41) is 11.9. The van der Waals surface area contributed by atoms with Crippen LogP contribution in [0, 0.1) is 11.3 Å². The molecule has 0 radical (unpaired) electrons. The molecule has 0 aliphatic heterocycles. The topological polar surface area (TPSA) is 88.4 Å². The van der Waals surface area contributed by atoms with Crippen molar-refractivity contribution in [1.82, 2.24) is 0 Å². The highest BCUT2D eigenvalue weighted by atomic mass is 35.5. The second-order valence-electron chi connectivity index (χ2n) is 4.64. The fraction of sp³-hybridized carbons (Fsp3) is 0.118. The molecule has 0 aliphatic carbocycles. The number of anilines is 1. The predicted molar refractivity (Wildman–Crippen MR) is 87.7 cm³/mol. The van der Waals surface area contributed by atoms with E-state index in [1.54, 1.807) is 42.5 Å². The molecule has 0 aromatic heterocycles. The summed E-state index contributed by atoms with van der Waals surface area (Å²) in [5.41, 5.74) is 0.869. The molecule has 2 aromatic rings. The van der Waals surface area contributed by atoms with Crippen molar-refractivity contribution in [3.05, 3.63) is 59.1 Å². The van der Waals surface area contributed by atoms with E-state index in [0.717, 1.165) is 0 Å². The molecule has 1 amide bonds. The van der Waals surface area contributed by atoms with Crippen LogP contribution in [-0.2, 0) is 14.3 Å². The lowest BCUT2D eigenvalue weighted by atomic mass is 10.2. The highest BCUT2D eigenvalue weighted by Gasteiger charge is 2.09. The number of nitriles is 1. The van der Waals surface area contributed by atoms with Gasteiger partial charge < -0.3 is 14.8 Å². The number of ether oxygens (including phenoxy) is 2. The molecule has 1 N–H and O–H groups in total. The minimum absolute atomic E-state index is 0.321. The largest absolute Gasteiger partial charge is 0.482 e. The number of amides is 1. The Balaban J connectivity index is 1.73. The summed E-state index contributed by atoms with van der Waals surface area (Å²) >= 11 is 5.74. The number of nitrogens with one attached hydrogen (secondary N) is 1. The molecular weight excluding hydrogens is 332 g/mol. The van der Waals surface area contributed by atoms with Gasteiger partial charge in [-0.1, -0.05) is 17.7 Å². The molecule has 6 nitrogen and oxygen atoms in total. The van der Waals surface area contributed by atoms with Crippen LogP contribution in [0.4, 0.5) is 5.69 Å². The van der Waals surface area contributed by atoms with Gasteiger partial charge in [0, 0.05) is 10.7 Å². The predicted octanol–water partition coefficient (Wildman–Crippen LogP) is 2.77. The quantitative estimate of drug-likeness (QED) is 0.814. The fourth-order valence-corrected chi connectivity index (χ4v) is 1.85. The van der Waals surface area contributed by atoms with E-state index in [4.69, 9.17) is 26.3 Å². The van der Waals surface area contributed by atoms with E-state index in [1.807, 2.05) is 6.07 Å². The normalized spacial score (nSPS) is 9.67. The summed E-state index contributed by atoms with van der Waals surface area (Å²) in [4.78, 5) is 23.2. The average Bonchev–Trinajstić information content (AvgIpc) is 2.59. The van der Waals surface area contributed by atoms with Gasteiger partial charge in [-0.25, -0.2) is 4.79 Å². The highest BCUT2D eigenvalue weighted by molar-refractivity contribution is 6.30. The summed E-state index contributed by atoms with van der Waals surface area (Å²) < 4.78 is 10.0. The number of benzene rings is 2. The molecule has 0 spiro atoms. The summed E-state index contributed by atoms with van der Waals surface area (Å²) in [6.07, 6.45) is 0. The smallest absolute Gasteiger partial charge is 0.344 e. The summed E-state index contributed by atoms with van der Waals surface area (Å²) in [5.74, 6) is -0.718. The first-order valence-electron chi connectivity index (χ1n) is 6.91. The first-order chi connectivity index (χ1) is 11.6. The Morgan fingerprint density at radius 3 is 2.58 bits per heavy atom. The van der Waals surface area contributed by atoms with Gasteiger partial charge in [0.15, 0.2) is 13.2 Å². The molecule has 0 fully saturated rings. The lowest BCUT2D eigenvalue weighted by Gasteiger charge is -2.08. The van der Waals surface area contributed by atoms with Crippen molar-refractivity contribution in [1.29, 1.82) is 5.26 Å². The van der Waals surface area contributed by atoms with Gasteiger partial charge in [-0.15, -0.1) is 0 Å². The van der Waals surface area contributed by atoms with Gasteiger partial charge in [0.2, 0.25) is 0 Å². The SMILES string of the molecule is N#Cc1cccc(NC(=O)COC(=O)COc2ccc(Cl)cc2)c1. The van der Waals surface area contributed by atoms with Crippen molar-refractivity contribution >= 4 is 29.2 Å². The number of nitrogens with zero attached hydrogens (tertiary/aromatic N) is 1. The van der Waals surface area contributed by atoms with E-state index in [2.05, 4.69) is 5.32 Å². The van der Waals surface area contributed by atoms with Crippen molar-refractivity contribution < 1.29 is 19.1 Å². The van der Waals surface area contributed by atoms with Gasteiger partial charge in [-0.05, 0) is 42.5 Å². The van der Waals surface area contributed by atoms with E-state index in [0.29, 0.717) is 22.0 Å². The summed E-state index contributed by atoms with van der Waals surface area (Å²) in [6.45, 7) is -0.765. The van der Waals surface area contributed by atoms with Crippen molar-refractivity contribution in [2.75, 3.05) is 18.5 Å². The maximum atomic E-state index is 11.7. The van der Waals surface area contributed by atoms with E-state index >= 15 is 0 Å². The maximum Gasteiger partial charge on any atom is 0.344 e. The van der Waals surface area contributed by atoms with E-state index in [9.17, 15) is 9.59 Å². The molecule has 2 aromatic carbocycles. The molecule has 0 bridgehead atoms. The van der Waals surface area contributed by atoms with Gasteiger partial charge in [-0.2, -0.15) is 5.26 Å². The Morgan fingerprint density at radius 2 is 1.88 bits per heavy atom. The van der Waals surface area contributed by atoms with Gasteiger partial charge in [-0.3, -0.25) is 4.79 Å². The zero-order chi connectivity index (χ0) is 17.4. The average molecular weight is 345 g/mol. The third-order valence-corrected chi connectivity index (χ3v) is 3.06. The van der Waals surface area contributed by atoms with E-state index < -0.39 is 18.5 Å². The van der Waals surface area contributed by atoms with Crippen molar-refractivity contribution in [3.63, 3.8) is 0 Å². The van der Waals surface area contributed by atoms with Crippen LogP contribution < -0.4 is 10.1 Å². The minimum atomic E-state index is -0.675. The molecule has 2 rings (SSSR count). The molecule has 0 aliphatic rings. The number of hydrogen-bond acceptors (Lipinski definition) is 5. The third kappa shape index (κ3) is 5.63. The molecule has 0 atom stereocenters. The third-order valence-electron chi connectivity index (χ3n) is 2.81. The number of rotatable bonds is 6. The molecule has 0 heterocycles. The molecule has 24 heavy (non-hydrogen) atoms. The zero-order valence-corrected chi connectivity index (χ0v) is 13.2. The van der Waals surface area contributed by atoms with Gasteiger partial charge in [0.25, 0.3) is 5.91 Å². The van der Waals surface area contributed by atoms with Crippen LogP contribution in [-0.4, -0.2) is 25.1 Å². The van der Waals surface area contributed by atoms with Crippen molar-refractivity contribution in [2.24, 2.45) is 0 Å². The molecule has 0 saturated heterocycles. The maximum absolute atomic E-state index is 11.7. The number of esters is 1. The minimum Gasteiger partial charge on any atom is -0.482 e. The van der Waals surface area contributed by atoms with E-state index in [-0.39, 0.29) is 6.61 Å². The second kappa shape index (κ2) is 8.56. The Bertz CT molecular complexity index is 769. The Labute approximate surface area is 143 Å². The number of carbonyl (C=O) groups is 2. The van der Waals surface area contributed by atoms with Crippen LogP contribution in [0.2, 0.25) is 5.02 Å².